The van der Waals surface area contributed by atoms with Gasteiger partial charge in [0.2, 0.25) is 5.91 Å². The lowest BCUT2D eigenvalue weighted by molar-refractivity contribution is -0.121. The Hall–Kier alpha value is -1.88. The fourth-order valence-electron chi connectivity index (χ4n) is 3.02. The maximum absolute atomic E-state index is 12.2. The zero-order valence-corrected chi connectivity index (χ0v) is 13.3. The summed E-state index contributed by atoms with van der Waals surface area (Å²) in [6.07, 6.45) is 0.749. The van der Waals surface area contributed by atoms with Crippen molar-refractivity contribution in [1.29, 1.82) is 0 Å². The van der Waals surface area contributed by atoms with Crippen molar-refractivity contribution in [2.24, 2.45) is 0 Å². The quantitative estimate of drug-likeness (QED) is 0.942. The highest BCUT2D eigenvalue weighted by atomic mass is 32.2. The summed E-state index contributed by atoms with van der Waals surface area (Å²) in [4.78, 5) is 12.2. The Morgan fingerprint density at radius 2 is 1.91 bits per heavy atom. The van der Waals surface area contributed by atoms with Crippen LogP contribution in [0.3, 0.4) is 0 Å². The summed E-state index contributed by atoms with van der Waals surface area (Å²) >= 11 is 0. The van der Waals surface area contributed by atoms with Crippen molar-refractivity contribution in [2.75, 3.05) is 11.5 Å². The molecule has 0 unspecified atom stereocenters. The molecule has 0 radical (unpaired) electrons. The summed E-state index contributed by atoms with van der Waals surface area (Å²) in [5, 5.41) is 5.13. The Balaban J connectivity index is 1.71. The molecule has 1 heterocycles. The van der Waals surface area contributed by atoms with Gasteiger partial charge in [0.1, 0.15) is 0 Å². The van der Waals surface area contributed by atoms with Gasteiger partial charge in [0.15, 0.2) is 9.84 Å². The van der Waals surface area contributed by atoms with Gasteiger partial charge >= 0.3 is 0 Å². The van der Waals surface area contributed by atoms with E-state index in [0.717, 1.165) is 16.3 Å². The summed E-state index contributed by atoms with van der Waals surface area (Å²) in [5.41, 5.74) is 0.299. The SMILES string of the molecule is C[C@]1(NC(=O)Cc2ccc3ccccc3c2)CCS(=O)(=O)C1. The molecule has 22 heavy (non-hydrogen) atoms. The summed E-state index contributed by atoms with van der Waals surface area (Å²) < 4.78 is 23.2. The number of hydrogen-bond acceptors (Lipinski definition) is 3. The van der Waals surface area contributed by atoms with E-state index in [4.69, 9.17) is 0 Å². The van der Waals surface area contributed by atoms with E-state index in [0.29, 0.717) is 6.42 Å². The Morgan fingerprint density at radius 1 is 1.18 bits per heavy atom. The van der Waals surface area contributed by atoms with E-state index in [2.05, 4.69) is 5.32 Å². The molecule has 1 amide bonds. The molecule has 1 fully saturated rings. The number of fused-ring (bicyclic) bond motifs is 1. The van der Waals surface area contributed by atoms with Crippen LogP contribution in [-0.4, -0.2) is 31.4 Å². The Bertz CT molecular complexity index is 829. The second-order valence-electron chi connectivity index (χ2n) is 6.31. The number of sulfone groups is 1. The van der Waals surface area contributed by atoms with Crippen molar-refractivity contribution >= 4 is 26.5 Å². The second-order valence-corrected chi connectivity index (χ2v) is 8.49. The molecular formula is C17H19NO3S. The third-order valence-corrected chi connectivity index (χ3v) is 6.03. The lowest BCUT2D eigenvalue weighted by Crippen LogP contribution is -2.47. The summed E-state index contributed by atoms with van der Waals surface area (Å²) in [6.45, 7) is 1.80. The maximum Gasteiger partial charge on any atom is 0.224 e. The fourth-order valence-corrected chi connectivity index (χ4v) is 5.12. The molecule has 116 valence electrons. The summed E-state index contributed by atoms with van der Waals surface area (Å²) in [6, 6.07) is 13.9. The van der Waals surface area contributed by atoms with Crippen LogP contribution in [0.4, 0.5) is 0 Å². The fraction of sp³-hybridized carbons (Fsp3) is 0.353. The van der Waals surface area contributed by atoms with Crippen molar-refractivity contribution in [3.63, 3.8) is 0 Å². The molecule has 1 atom stereocenters. The van der Waals surface area contributed by atoms with Crippen LogP contribution in [0.2, 0.25) is 0 Å². The van der Waals surface area contributed by atoms with Gasteiger partial charge in [-0.1, -0.05) is 42.5 Å². The van der Waals surface area contributed by atoms with E-state index in [1.807, 2.05) is 42.5 Å². The molecule has 3 rings (SSSR count). The van der Waals surface area contributed by atoms with Gasteiger partial charge in [-0.3, -0.25) is 4.79 Å². The van der Waals surface area contributed by atoms with Crippen LogP contribution >= 0.6 is 0 Å². The molecule has 0 aliphatic carbocycles. The van der Waals surface area contributed by atoms with Crippen molar-refractivity contribution in [1.82, 2.24) is 5.32 Å². The van der Waals surface area contributed by atoms with E-state index >= 15 is 0 Å². The number of benzene rings is 2. The highest BCUT2D eigenvalue weighted by Gasteiger charge is 2.39. The molecule has 0 aromatic heterocycles. The normalized spacial score (nSPS) is 23.5. The number of nitrogens with one attached hydrogen (secondary N) is 1. The minimum absolute atomic E-state index is 0.0312. The molecule has 4 nitrogen and oxygen atoms in total. The molecule has 2 aromatic rings. The van der Waals surface area contributed by atoms with Crippen LogP contribution in [0, 0.1) is 0 Å². The van der Waals surface area contributed by atoms with Crippen molar-refractivity contribution < 1.29 is 13.2 Å². The molecule has 0 spiro atoms. The van der Waals surface area contributed by atoms with Gasteiger partial charge in [-0.15, -0.1) is 0 Å². The highest BCUT2D eigenvalue weighted by Crippen LogP contribution is 2.23. The average molecular weight is 317 g/mol. The Labute approximate surface area is 130 Å². The molecule has 0 bridgehead atoms. The number of rotatable bonds is 3. The number of hydrogen-bond donors (Lipinski definition) is 1. The van der Waals surface area contributed by atoms with Crippen LogP contribution in [0.15, 0.2) is 42.5 Å². The lowest BCUT2D eigenvalue weighted by atomic mass is 10.0. The first kappa shape index (κ1) is 15.0. The second kappa shape index (κ2) is 5.39. The molecule has 2 aromatic carbocycles. The van der Waals surface area contributed by atoms with Crippen molar-refractivity contribution in [2.45, 2.75) is 25.3 Å². The molecule has 1 aliphatic heterocycles. The van der Waals surface area contributed by atoms with Gasteiger partial charge in [0.05, 0.1) is 23.5 Å². The van der Waals surface area contributed by atoms with Gasteiger partial charge in [-0.25, -0.2) is 8.42 Å². The van der Waals surface area contributed by atoms with E-state index in [9.17, 15) is 13.2 Å². The van der Waals surface area contributed by atoms with Gasteiger partial charge in [-0.2, -0.15) is 0 Å². The predicted molar refractivity (Wildman–Crippen MR) is 87.5 cm³/mol. The monoisotopic (exact) mass is 317 g/mol. The first-order valence-corrected chi connectivity index (χ1v) is 9.17. The molecule has 1 aliphatic rings. The van der Waals surface area contributed by atoms with Gasteiger partial charge < -0.3 is 5.32 Å². The zero-order valence-electron chi connectivity index (χ0n) is 12.5. The van der Waals surface area contributed by atoms with Gasteiger partial charge in [0, 0.05) is 0 Å². The van der Waals surface area contributed by atoms with Crippen LogP contribution in [0.5, 0.6) is 0 Å². The van der Waals surface area contributed by atoms with Crippen LogP contribution < -0.4 is 5.32 Å². The minimum atomic E-state index is -3.02. The Kier molecular flexibility index (Phi) is 3.68. The average Bonchev–Trinajstić information content (AvgIpc) is 2.72. The largest absolute Gasteiger partial charge is 0.350 e. The van der Waals surface area contributed by atoms with Crippen LogP contribution in [0.1, 0.15) is 18.9 Å². The third kappa shape index (κ3) is 3.30. The summed E-state index contributed by atoms with van der Waals surface area (Å²) in [5.74, 6) is 0.0540. The predicted octanol–water partition coefficient (Wildman–Crippen LogP) is 2.08. The zero-order chi connectivity index (χ0) is 15.8. The van der Waals surface area contributed by atoms with E-state index in [1.165, 1.54) is 0 Å². The van der Waals surface area contributed by atoms with Gasteiger partial charge in [-0.05, 0) is 29.7 Å². The smallest absolute Gasteiger partial charge is 0.224 e. The first-order chi connectivity index (χ1) is 10.4. The maximum atomic E-state index is 12.2. The highest BCUT2D eigenvalue weighted by molar-refractivity contribution is 7.91. The number of amides is 1. The standard InChI is InChI=1S/C17H19NO3S/c1-17(8-9-22(20,21)12-17)18-16(19)11-13-6-7-14-4-2-3-5-15(14)10-13/h2-7,10H,8-9,11-12H2,1H3,(H,18,19)/t17-/m0/s1. The van der Waals surface area contributed by atoms with E-state index in [-0.39, 0.29) is 23.8 Å². The minimum Gasteiger partial charge on any atom is -0.350 e. The topological polar surface area (TPSA) is 63.2 Å². The first-order valence-electron chi connectivity index (χ1n) is 7.34. The van der Waals surface area contributed by atoms with Crippen LogP contribution in [-0.2, 0) is 21.1 Å². The molecule has 1 N–H and O–H groups in total. The van der Waals surface area contributed by atoms with Crippen LogP contribution in [0.25, 0.3) is 10.8 Å². The number of carbonyl (C=O) groups is 1. The third-order valence-electron chi connectivity index (χ3n) is 4.12. The summed E-state index contributed by atoms with van der Waals surface area (Å²) in [7, 11) is -3.02. The molecule has 0 saturated carbocycles. The number of carbonyl (C=O) groups excluding carboxylic acids is 1. The van der Waals surface area contributed by atoms with E-state index < -0.39 is 15.4 Å². The van der Waals surface area contributed by atoms with E-state index in [1.54, 1.807) is 6.92 Å². The van der Waals surface area contributed by atoms with Gasteiger partial charge in [0.25, 0.3) is 0 Å². The lowest BCUT2D eigenvalue weighted by Gasteiger charge is -2.23. The molecular weight excluding hydrogens is 298 g/mol. The molecule has 1 saturated heterocycles. The van der Waals surface area contributed by atoms with Crippen molar-refractivity contribution in [3.05, 3.63) is 48.0 Å². The van der Waals surface area contributed by atoms with Crippen molar-refractivity contribution in [3.8, 4) is 0 Å². The Morgan fingerprint density at radius 3 is 2.59 bits per heavy atom. The molecule has 5 heteroatoms.